The highest BCUT2D eigenvalue weighted by Crippen LogP contribution is 2.14. The lowest BCUT2D eigenvalue weighted by molar-refractivity contribution is -0.250. The van der Waals surface area contributed by atoms with Crippen LogP contribution in [0.5, 0.6) is 0 Å². The number of carbonyl (C=O) groups excluding carboxylic acids is 1. The molecule has 2 unspecified atom stereocenters. The average molecular weight is 208 g/mol. The first-order valence-corrected chi connectivity index (χ1v) is 3.28. The zero-order chi connectivity index (χ0) is 11.5. The summed E-state index contributed by atoms with van der Waals surface area (Å²) in [6.07, 6.45) is -2.76. The molecule has 0 radical (unpaired) electrons. The van der Waals surface area contributed by atoms with E-state index in [-0.39, 0.29) is 0 Å². The molecule has 0 rings (SSSR count). The standard InChI is InChI=1S/C6H8O8/c1-2(7)14-6(13,5(11)12)3(8)4(9)10/h3,8,13H,1H3,(H,9,10)(H,11,12). The summed E-state index contributed by atoms with van der Waals surface area (Å²) in [5.41, 5.74) is 0. The van der Waals surface area contributed by atoms with Crippen LogP contribution >= 0.6 is 0 Å². The Morgan fingerprint density at radius 3 is 1.93 bits per heavy atom. The van der Waals surface area contributed by atoms with Crippen molar-refractivity contribution in [3.05, 3.63) is 0 Å². The number of ether oxygens (including phenoxy) is 1. The molecule has 0 bridgehead atoms. The Bertz CT molecular complexity index is 271. The highest BCUT2D eigenvalue weighted by atomic mass is 16.7. The third-order valence-corrected chi connectivity index (χ3v) is 1.21. The van der Waals surface area contributed by atoms with Crippen molar-refractivity contribution in [3.8, 4) is 0 Å². The van der Waals surface area contributed by atoms with E-state index in [0.29, 0.717) is 0 Å². The minimum absolute atomic E-state index is 0.752. The van der Waals surface area contributed by atoms with Gasteiger partial charge in [0.25, 0.3) is 0 Å². The normalized spacial score (nSPS) is 16.5. The van der Waals surface area contributed by atoms with E-state index in [4.69, 9.17) is 20.4 Å². The number of carboxylic acids is 2. The Labute approximate surface area is 77.3 Å². The summed E-state index contributed by atoms with van der Waals surface area (Å²) in [7, 11) is 0. The zero-order valence-electron chi connectivity index (χ0n) is 7.00. The van der Waals surface area contributed by atoms with Gasteiger partial charge in [-0.25, -0.2) is 9.59 Å². The summed E-state index contributed by atoms with van der Waals surface area (Å²) < 4.78 is 3.81. The lowest BCUT2D eigenvalue weighted by atomic mass is 10.1. The van der Waals surface area contributed by atoms with Crippen molar-refractivity contribution >= 4 is 17.9 Å². The van der Waals surface area contributed by atoms with Gasteiger partial charge in [0.1, 0.15) is 0 Å². The largest absolute Gasteiger partial charge is 0.479 e. The molecule has 0 spiro atoms. The van der Waals surface area contributed by atoms with Gasteiger partial charge in [-0.2, -0.15) is 0 Å². The van der Waals surface area contributed by atoms with Crippen LogP contribution < -0.4 is 0 Å². The van der Waals surface area contributed by atoms with Crippen molar-refractivity contribution < 1.29 is 39.5 Å². The van der Waals surface area contributed by atoms with Gasteiger partial charge >= 0.3 is 23.7 Å². The summed E-state index contributed by atoms with van der Waals surface area (Å²) in [6.45, 7) is 0.752. The fourth-order valence-corrected chi connectivity index (χ4v) is 0.603. The van der Waals surface area contributed by atoms with Gasteiger partial charge in [-0.15, -0.1) is 0 Å². The number of aliphatic hydroxyl groups excluding tert-OH is 1. The van der Waals surface area contributed by atoms with Crippen LogP contribution in [0.15, 0.2) is 0 Å². The Morgan fingerprint density at radius 1 is 1.29 bits per heavy atom. The van der Waals surface area contributed by atoms with Crippen molar-refractivity contribution in [1.29, 1.82) is 0 Å². The van der Waals surface area contributed by atoms with E-state index in [1.54, 1.807) is 0 Å². The number of aliphatic hydroxyl groups is 2. The van der Waals surface area contributed by atoms with Gasteiger partial charge in [0.2, 0.25) is 6.10 Å². The molecule has 0 aromatic carbocycles. The molecule has 0 aromatic rings. The second-order valence-electron chi connectivity index (χ2n) is 2.34. The molecule has 80 valence electrons. The van der Waals surface area contributed by atoms with Crippen LogP contribution in [0.4, 0.5) is 0 Å². The summed E-state index contributed by atoms with van der Waals surface area (Å²) in [5, 5.41) is 34.3. The molecule has 8 nitrogen and oxygen atoms in total. The highest BCUT2D eigenvalue weighted by molar-refractivity contribution is 5.87. The number of carboxylic acid groups (broad SMARTS) is 2. The minimum atomic E-state index is -3.47. The molecule has 0 fully saturated rings. The van der Waals surface area contributed by atoms with Gasteiger partial charge in [-0.1, -0.05) is 0 Å². The Kier molecular flexibility index (Phi) is 3.55. The van der Waals surface area contributed by atoms with Crippen LogP contribution in [0.1, 0.15) is 6.92 Å². The first-order chi connectivity index (χ1) is 6.21. The van der Waals surface area contributed by atoms with E-state index < -0.39 is 29.8 Å². The average Bonchev–Trinajstić information content (AvgIpc) is 2.00. The smallest absolute Gasteiger partial charge is 0.380 e. The van der Waals surface area contributed by atoms with Gasteiger partial charge in [0, 0.05) is 6.92 Å². The van der Waals surface area contributed by atoms with Crippen molar-refractivity contribution in [3.63, 3.8) is 0 Å². The van der Waals surface area contributed by atoms with Gasteiger partial charge < -0.3 is 25.2 Å². The molecule has 0 saturated carbocycles. The van der Waals surface area contributed by atoms with E-state index >= 15 is 0 Å². The quantitative estimate of drug-likeness (QED) is 0.300. The maximum absolute atomic E-state index is 10.4. The summed E-state index contributed by atoms with van der Waals surface area (Å²) in [5.74, 6) is -8.92. The third-order valence-electron chi connectivity index (χ3n) is 1.21. The third kappa shape index (κ3) is 2.41. The van der Waals surface area contributed by atoms with Gasteiger partial charge in [0.15, 0.2) is 0 Å². The van der Waals surface area contributed by atoms with Crippen molar-refractivity contribution in [2.45, 2.75) is 18.8 Å². The fourth-order valence-electron chi connectivity index (χ4n) is 0.603. The van der Waals surface area contributed by atoms with E-state index in [1.165, 1.54) is 0 Å². The first-order valence-electron chi connectivity index (χ1n) is 3.28. The van der Waals surface area contributed by atoms with Crippen LogP contribution in [0, 0.1) is 0 Å². The minimum Gasteiger partial charge on any atom is -0.479 e. The van der Waals surface area contributed by atoms with E-state index in [0.717, 1.165) is 6.92 Å². The van der Waals surface area contributed by atoms with E-state index in [9.17, 15) is 14.4 Å². The molecule has 0 aliphatic carbocycles. The highest BCUT2D eigenvalue weighted by Gasteiger charge is 2.51. The van der Waals surface area contributed by atoms with E-state index in [2.05, 4.69) is 4.74 Å². The number of rotatable bonds is 4. The lowest BCUT2D eigenvalue weighted by Crippen LogP contribution is -2.56. The van der Waals surface area contributed by atoms with Crippen LogP contribution in [0.3, 0.4) is 0 Å². The first kappa shape index (κ1) is 12.3. The second-order valence-corrected chi connectivity index (χ2v) is 2.34. The molecule has 8 heteroatoms. The molecule has 0 amide bonds. The van der Waals surface area contributed by atoms with Crippen LogP contribution in [0.25, 0.3) is 0 Å². The Hall–Kier alpha value is -1.67. The molecular weight excluding hydrogens is 200 g/mol. The van der Waals surface area contributed by atoms with Crippen molar-refractivity contribution in [2.75, 3.05) is 0 Å². The molecule has 0 aromatic heterocycles. The number of esters is 1. The zero-order valence-corrected chi connectivity index (χ0v) is 7.00. The number of hydrogen-bond donors (Lipinski definition) is 4. The molecule has 14 heavy (non-hydrogen) atoms. The Balaban J connectivity index is 4.99. The van der Waals surface area contributed by atoms with Crippen LogP contribution in [-0.2, 0) is 19.1 Å². The number of aliphatic carboxylic acids is 2. The molecule has 4 N–H and O–H groups in total. The van der Waals surface area contributed by atoms with E-state index in [1.807, 2.05) is 0 Å². The lowest BCUT2D eigenvalue weighted by Gasteiger charge is -2.24. The molecule has 2 atom stereocenters. The fraction of sp³-hybridized carbons (Fsp3) is 0.500. The van der Waals surface area contributed by atoms with Crippen molar-refractivity contribution in [1.82, 2.24) is 0 Å². The molecule has 0 aliphatic rings. The van der Waals surface area contributed by atoms with Gasteiger partial charge in [0.05, 0.1) is 0 Å². The number of hydrogen-bond acceptors (Lipinski definition) is 6. The van der Waals surface area contributed by atoms with Crippen LogP contribution in [-0.4, -0.2) is 50.2 Å². The topological polar surface area (TPSA) is 141 Å². The predicted octanol–water partition coefficient (Wildman–Crippen LogP) is -2.23. The maximum Gasteiger partial charge on any atom is 0.380 e. The second kappa shape index (κ2) is 4.03. The van der Waals surface area contributed by atoms with Crippen LogP contribution in [0.2, 0.25) is 0 Å². The predicted molar refractivity (Wildman–Crippen MR) is 38.0 cm³/mol. The molecule has 0 saturated heterocycles. The molecule has 0 aliphatic heterocycles. The monoisotopic (exact) mass is 208 g/mol. The molecule has 0 heterocycles. The Morgan fingerprint density at radius 2 is 1.71 bits per heavy atom. The van der Waals surface area contributed by atoms with Crippen molar-refractivity contribution in [2.24, 2.45) is 0 Å². The molecular formula is C6H8O8. The maximum atomic E-state index is 10.4. The summed E-state index contributed by atoms with van der Waals surface area (Å²) >= 11 is 0. The van der Waals surface area contributed by atoms with Gasteiger partial charge in [-0.3, -0.25) is 4.79 Å². The summed E-state index contributed by atoms with van der Waals surface area (Å²) in [4.78, 5) is 30.9. The SMILES string of the molecule is CC(=O)OC(O)(C(=O)O)C(O)C(=O)O. The summed E-state index contributed by atoms with van der Waals surface area (Å²) in [6, 6.07) is 0. The van der Waals surface area contributed by atoms with Gasteiger partial charge in [-0.05, 0) is 0 Å². The number of carbonyl (C=O) groups is 3.